The molecule has 0 aromatic heterocycles. The molecule has 2 aromatic carbocycles. The number of carboxylic acid groups (broad SMARTS) is 1. The van der Waals surface area contributed by atoms with Gasteiger partial charge in [-0.2, -0.15) is 0 Å². The van der Waals surface area contributed by atoms with Gasteiger partial charge in [-0.1, -0.05) is 32.0 Å². The first kappa shape index (κ1) is 27.1. The van der Waals surface area contributed by atoms with Crippen LogP contribution in [0, 0.1) is 5.92 Å². The average molecular weight is 541 g/mol. The molecular weight excluding hydrogens is 504 g/mol. The lowest BCUT2D eigenvalue weighted by atomic mass is 9.83. The Morgan fingerprint density at radius 1 is 1.03 bits per heavy atom. The van der Waals surface area contributed by atoms with E-state index < -0.39 is 11.9 Å². The first-order chi connectivity index (χ1) is 19.0. The number of nitrogens with zero attached hydrogens (tertiary/aromatic N) is 2. The smallest absolute Gasteiger partial charge is 0.308 e. The summed E-state index contributed by atoms with van der Waals surface area (Å²) in [5, 5.41) is 11.9. The van der Waals surface area contributed by atoms with Crippen LogP contribution in [0.4, 0.5) is 0 Å². The number of fused-ring (bicyclic) bond motifs is 2. The van der Waals surface area contributed by atoms with E-state index in [1.807, 2.05) is 55.1 Å². The van der Waals surface area contributed by atoms with E-state index in [-0.39, 0.29) is 38.0 Å². The number of hydrogen-bond acceptors (Lipinski definition) is 8. The largest absolute Gasteiger partial charge is 0.481 e. The zero-order valence-corrected chi connectivity index (χ0v) is 22.5. The molecule has 0 spiro atoms. The summed E-state index contributed by atoms with van der Waals surface area (Å²) in [6.45, 7) is 5.74. The van der Waals surface area contributed by atoms with Gasteiger partial charge in [-0.25, -0.2) is 5.06 Å². The van der Waals surface area contributed by atoms with Crippen LogP contribution in [0.5, 0.6) is 23.0 Å². The van der Waals surface area contributed by atoms with Gasteiger partial charge < -0.3 is 24.1 Å². The number of carboxylic acids is 1. The van der Waals surface area contributed by atoms with Crippen LogP contribution in [0.1, 0.15) is 50.2 Å². The van der Waals surface area contributed by atoms with Crippen molar-refractivity contribution >= 4 is 11.9 Å². The molecule has 39 heavy (non-hydrogen) atoms. The van der Waals surface area contributed by atoms with Crippen LogP contribution in [-0.2, 0) is 20.8 Å². The zero-order valence-electron chi connectivity index (χ0n) is 22.5. The Morgan fingerprint density at radius 2 is 1.82 bits per heavy atom. The lowest BCUT2D eigenvalue weighted by Gasteiger charge is -2.29. The minimum Gasteiger partial charge on any atom is -0.481 e. The number of likely N-dealkylation sites (tertiary alicyclic amines) is 1. The molecule has 1 amide bonds. The highest BCUT2D eigenvalue weighted by Crippen LogP contribution is 2.44. The van der Waals surface area contributed by atoms with Crippen LogP contribution < -0.4 is 18.9 Å². The number of hydrogen-bond donors (Lipinski definition) is 1. The summed E-state index contributed by atoms with van der Waals surface area (Å²) in [5.74, 6) is 0.570. The van der Waals surface area contributed by atoms with E-state index in [1.165, 1.54) is 5.06 Å². The zero-order chi connectivity index (χ0) is 27.4. The van der Waals surface area contributed by atoms with Crippen molar-refractivity contribution in [2.45, 2.75) is 51.5 Å². The van der Waals surface area contributed by atoms with E-state index in [1.54, 1.807) is 0 Å². The summed E-state index contributed by atoms with van der Waals surface area (Å²) in [7, 11) is 0. The van der Waals surface area contributed by atoms with Gasteiger partial charge in [0.05, 0.1) is 19.1 Å². The van der Waals surface area contributed by atoms with E-state index in [4.69, 9.17) is 23.8 Å². The van der Waals surface area contributed by atoms with Crippen LogP contribution in [0.2, 0.25) is 0 Å². The normalized spacial score (nSPS) is 21.3. The predicted molar refractivity (Wildman–Crippen MR) is 141 cm³/mol. The van der Waals surface area contributed by atoms with Crippen LogP contribution in [0.15, 0.2) is 36.4 Å². The minimum atomic E-state index is -0.886. The second kappa shape index (κ2) is 12.1. The number of aryl methyl sites for hydroxylation is 1. The molecule has 5 rings (SSSR count). The van der Waals surface area contributed by atoms with Crippen molar-refractivity contribution in [3.63, 3.8) is 0 Å². The Bertz CT molecular complexity index is 1190. The van der Waals surface area contributed by atoms with Crippen molar-refractivity contribution in [1.82, 2.24) is 9.96 Å². The Kier molecular flexibility index (Phi) is 8.42. The number of rotatable bonds is 12. The van der Waals surface area contributed by atoms with Crippen molar-refractivity contribution in [1.29, 1.82) is 0 Å². The van der Waals surface area contributed by atoms with Crippen molar-refractivity contribution in [2.75, 3.05) is 39.8 Å². The average Bonchev–Trinajstić information content (AvgIpc) is 3.68. The summed E-state index contributed by atoms with van der Waals surface area (Å²) in [5.41, 5.74) is 1.82. The van der Waals surface area contributed by atoms with Gasteiger partial charge in [0, 0.05) is 25.0 Å². The van der Waals surface area contributed by atoms with Crippen LogP contribution in [0.25, 0.3) is 0 Å². The molecule has 10 nitrogen and oxygen atoms in total. The second-order valence-corrected chi connectivity index (χ2v) is 10.1. The topological polar surface area (TPSA) is 107 Å². The summed E-state index contributed by atoms with van der Waals surface area (Å²) in [6, 6.07) is 11.0. The molecule has 1 saturated heterocycles. The van der Waals surface area contributed by atoms with Gasteiger partial charge in [-0.05, 0) is 55.0 Å². The molecule has 0 unspecified atom stereocenters. The highest BCUT2D eigenvalue weighted by molar-refractivity contribution is 5.78. The van der Waals surface area contributed by atoms with E-state index in [0.717, 1.165) is 24.0 Å². The third-order valence-corrected chi connectivity index (χ3v) is 7.54. The van der Waals surface area contributed by atoms with E-state index in [2.05, 4.69) is 0 Å². The Labute approximate surface area is 228 Å². The predicted octanol–water partition coefficient (Wildman–Crippen LogP) is 3.83. The molecule has 1 fully saturated rings. The summed E-state index contributed by atoms with van der Waals surface area (Å²) in [6.07, 6.45) is 2.68. The third-order valence-electron chi connectivity index (χ3n) is 7.54. The molecule has 3 atom stereocenters. The van der Waals surface area contributed by atoms with Gasteiger partial charge in [0.15, 0.2) is 23.0 Å². The van der Waals surface area contributed by atoms with Crippen LogP contribution in [0.3, 0.4) is 0 Å². The van der Waals surface area contributed by atoms with E-state index in [9.17, 15) is 14.7 Å². The van der Waals surface area contributed by atoms with Gasteiger partial charge in [-0.15, -0.1) is 0 Å². The number of aliphatic carboxylic acids is 1. The number of amides is 1. The standard InChI is InChI=1S/C29H36N2O8/c1-3-12-31(39-13-4-2)26(32)16-30-15-21(20-9-11-23-25(14-20)37-17-35-23)27(29(33)34)22(30)10-8-19-6-5-7-24-28(19)38-18-36-24/h5-7,9,11,14,21-22,27H,3-4,8,10,12-13,15-18H2,1-2H3,(H,33,34)/t21-,22+,27-/m1/s1. The van der Waals surface area contributed by atoms with Crippen LogP contribution in [-0.4, -0.2) is 72.8 Å². The number of hydroxylamine groups is 2. The highest BCUT2D eigenvalue weighted by atomic mass is 16.7. The fourth-order valence-corrected chi connectivity index (χ4v) is 5.74. The van der Waals surface area contributed by atoms with Crippen molar-refractivity contribution < 1.29 is 38.5 Å². The first-order valence-corrected chi connectivity index (χ1v) is 13.7. The number of para-hydroxylation sites is 1. The molecule has 3 heterocycles. The van der Waals surface area contributed by atoms with E-state index >= 15 is 0 Å². The number of carbonyl (C=O) groups is 2. The first-order valence-electron chi connectivity index (χ1n) is 13.7. The summed E-state index contributed by atoms with van der Waals surface area (Å²) < 4.78 is 22.2. The summed E-state index contributed by atoms with van der Waals surface area (Å²) in [4.78, 5) is 33.9. The SMILES string of the molecule is CCCON(CCC)C(=O)CN1C[C@H](c2ccc3c(c2)OCO3)[C@@H](C(=O)O)[C@@H]1CCc1cccc2c1OCO2. The van der Waals surface area contributed by atoms with Crippen molar-refractivity contribution in [2.24, 2.45) is 5.92 Å². The van der Waals surface area contributed by atoms with Gasteiger partial charge >= 0.3 is 5.97 Å². The molecule has 3 aliphatic rings. The van der Waals surface area contributed by atoms with Gasteiger partial charge in [-0.3, -0.25) is 19.3 Å². The van der Waals surface area contributed by atoms with Crippen molar-refractivity contribution in [3.05, 3.63) is 47.5 Å². The Balaban J connectivity index is 1.42. The van der Waals surface area contributed by atoms with Crippen LogP contribution >= 0.6 is 0 Å². The maximum Gasteiger partial charge on any atom is 0.308 e. The minimum absolute atomic E-state index is 0.0751. The molecule has 210 valence electrons. The van der Waals surface area contributed by atoms with Gasteiger partial charge in [0.25, 0.3) is 5.91 Å². The molecule has 2 aromatic rings. The maximum absolute atomic E-state index is 13.4. The highest BCUT2D eigenvalue weighted by Gasteiger charge is 2.47. The molecule has 0 radical (unpaired) electrons. The fraction of sp³-hybridized carbons (Fsp3) is 0.517. The number of benzene rings is 2. The molecular formula is C29H36N2O8. The lowest BCUT2D eigenvalue weighted by Crippen LogP contribution is -2.44. The monoisotopic (exact) mass is 540 g/mol. The molecule has 10 heteroatoms. The molecule has 1 N–H and O–H groups in total. The van der Waals surface area contributed by atoms with Gasteiger partial charge in [0.1, 0.15) is 0 Å². The Hall–Kier alpha value is -3.50. The molecule has 0 bridgehead atoms. The summed E-state index contributed by atoms with van der Waals surface area (Å²) >= 11 is 0. The third kappa shape index (κ3) is 5.77. The molecule has 0 aliphatic carbocycles. The van der Waals surface area contributed by atoms with Gasteiger partial charge in [0.2, 0.25) is 13.6 Å². The maximum atomic E-state index is 13.4. The second-order valence-electron chi connectivity index (χ2n) is 10.1. The van der Waals surface area contributed by atoms with Crippen molar-refractivity contribution in [3.8, 4) is 23.0 Å². The number of carbonyl (C=O) groups excluding carboxylic acids is 1. The Morgan fingerprint density at radius 3 is 2.62 bits per heavy atom. The lowest BCUT2D eigenvalue weighted by molar-refractivity contribution is -0.188. The fourth-order valence-electron chi connectivity index (χ4n) is 5.74. The number of ether oxygens (including phenoxy) is 4. The molecule has 3 aliphatic heterocycles. The molecule has 0 saturated carbocycles. The van der Waals surface area contributed by atoms with E-state index in [0.29, 0.717) is 55.5 Å². The quantitative estimate of drug-likeness (QED) is 0.402.